The van der Waals surface area contributed by atoms with Gasteiger partial charge in [-0.1, -0.05) is 35.9 Å². The maximum atomic E-state index is 9.09. The smallest absolute Gasteiger partial charge is 0.0663 e. The average Bonchev–Trinajstić information content (AvgIpc) is 2.90. The van der Waals surface area contributed by atoms with E-state index in [1.165, 1.54) is 27.6 Å². The predicted molar refractivity (Wildman–Crippen MR) is 87.4 cm³/mol. The van der Waals surface area contributed by atoms with E-state index in [0.29, 0.717) is 12.0 Å². The van der Waals surface area contributed by atoms with Gasteiger partial charge in [0, 0.05) is 17.1 Å². The number of aromatic amines is 1. The van der Waals surface area contributed by atoms with Crippen LogP contribution in [0.3, 0.4) is 0 Å². The monoisotopic (exact) mass is 285 g/mol. The summed E-state index contributed by atoms with van der Waals surface area (Å²) in [6.07, 6.45) is 7.77. The van der Waals surface area contributed by atoms with Crippen LogP contribution in [0.2, 0.25) is 0 Å². The first kappa shape index (κ1) is 15.5. The van der Waals surface area contributed by atoms with Gasteiger partial charge in [-0.2, -0.15) is 0 Å². The third-order valence-corrected chi connectivity index (χ3v) is 3.63. The van der Waals surface area contributed by atoms with Gasteiger partial charge in [0.05, 0.1) is 13.2 Å². The molecule has 2 aromatic rings. The summed E-state index contributed by atoms with van der Waals surface area (Å²) >= 11 is 0. The van der Waals surface area contributed by atoms with Gasteiger partial charge in [-0.05, 0) is 43.4 Å². The van der Waals surface area contributed by atoms with E-state index in [4.69, 9.17) is 10.2 Å². The Morgan fingerprint density at radius 3 is 2.43 bits per heavy atom. The van der Waals surface area contributed by atoms with Crippen LogP contribution >= 0.6 is 0 Å². The van der Waals surface area contributed by atoms with Crippen molar-refractivity contribution in [1.82, 2.24) is 4.98 Å². The molecule has 1 aromatic heterocycles. The SMILES string of the molecule is CC(C)=CCc1cccc2c(CC=C(CO)CO)c[nH]c12. The fourth-order valence-corrected chi connectivity index (χ4v) is 2.36. The summed E-state index contributed by atoms with van der Waals surface area (Å²) in [6.45, 7) is 4.03. The minimum absolute atomic E-state index is 0.0926. The highest BCUT2D eigenvalue weighted by atomic mass is 16.3. The molecule has 0 amide bonds. The zero-order valence-electron chi connectivity index (χ0n) is 12.7. The molecular formula is C18H23NO2. The van der Waals surface area contributed by atoms with E-state index in [9.17, 15) is 0 Å². The molecule has 1 heterocycles. The molecule has 2 rings (SSSR count). The Morgan fingerprint density at radius 2 is 1.76 bits per heavy atom. The van der Waals surface area contributed by atoms with Crippen LogP contribution in [0.5, 0.6) is 0 Å². The normalized spacial score (nSPS) is 10.7. The molecule has 3 heteroatoms. The summed E-state index contributed by atoms with van der Waals surface area (Å²) in [5.74, 6) is 0. The maximum Gasteiger partial charge on any atom is 0.0663 e. The Labute approximate surface area is 125 Å². The Balaban J connectivity index is 2.30. The zero-order chi connectivity index (χ0) is 15.2. The molecule has 0 unspecified atom stereocenters. The Bertz CT molecular complexity index is 655. The lowest BCUT2D eigenvalue weighted by molar-refractivity contribution is 0.276. The number of benzene rings is 1. The minimum Gasteiger partial charge on any atom is -0.392 e. The van der Waals surface area contributed by atoms with Crippen molar-refractivity contribution in [2.45, 2.75) is 26.7 Å². The zero-order valence-corrected chi connectivity index (χ0v) is 12.7. The number of para-hydroxylation sites is 1. The van der Waals surface area contributed by atoms with Gasteiger partial charge < -0.3 is 15.2 Å². The lowest BCUT2D eigenvalue weighted by Gasteiger charge is -2.02. The molecule has 0 atom stereocenters. The van der Waals surface area contributed by atoms with Crippen LogP contribution in [0.1, 0.15) is 25.0 Å². The molecule has 0 saturated heterocycles. The number of aliphatic hydroxyl groups is 2. The van der Waals surface area contributed by atoms with E-state index in [1.807, 2.05) is 12.3 Å². The van der Waals surface area contributed by atoms with Crippen molar-refractivity contribution in [2.24, 2.45) is 0 Å². The van der Waals surface area contributed by atoms with Crippen LogP contribution in [0.25, 0.3) is 10.9 Å². The maximum absolute atomic E-state index is 9.09. The molecule has 0 aliphatic rings. The number of hydrogen-bond donors (Lipinski definition) is 3. The Kier molecular flexibility index (Phi) is 5.37. The number of rotatable bonds is 6. The van der Waals surface area contributed by atoms with Gasteiger partial charge in [0.15, 0.2) is 0 Å². The average molecular weight is 285 g/mol. The highest BCUT2D eigenvalue weighted by molar-refractivity contribution is 5.86. The molecular weight excluding hydrogens is 262 g/mol. The van der Waals surface area contributed by atoms with Crippen molar-refractivity contribution in [3.05, 3.63) is 58.8 Å². The van der Waals surface area contributed by atoms with E-state index in [1.54, 1.807) is 0 Å². The number of allylic oxidation sites excluding steroid dienone is 3. The molecule has 0 spiro atoms. The van der Waals surface area contributed by atoms with E-state index in [2.05, 4.69) is 43.1 Å². The first-order chi connectivity index (χ1) is 10.2. The van der Waals surface area contributed by atoms with Crippen LogP contribution in [0.4, 0.5) is 0 Å². The number of hydrogen-bond acceptors (Lipinski definition) is 2. The molecule has 0 bridgehead atoms. The number of nitrogens with one attached hydrogen (secondary N) is 1. The lowest BCUT2D eigenvalue weighted by Crippen LogP contribution is -1.96. The van der Waals surface area contributed by atoms with Crippen molar-refractivity contribution < 1.29 is 10.2 Å². The van der Waals surface area contributed by atoms with E-state index >= 15 is 0 Å². The molecule has 0 fully saturated rings. The van der Waals surface area contributed by atoms with Crippen LogP contribution in [-0.2, 0) is 12.8 Å². The minimum atomic E-state index is -0.0926. The van der Waals surface area contributed by atoms with Crippen molar-refractivity contribution >= 4 is 10.9 Å². The summed E-state index contributed by atoms with van der Waals surface area (Å²) in [4.78, 5) is 3.36. The third-order valence-electron chi connectivity index (χ3n) is 3.63. The summed E-state index contributed by atoms with van der Waals surface area (Å²) in [6, 6.07) is 6.33. The highest BCUT2D eigenvalue weighted by Gasteiger charge is 2.06. The van der Waals surface area contributed by atoms with E-state index in [-0.39, 0.29) is 13.2 Å². The molecule has 0 aliphatic carbocycles. The standard InChI is InChI=1S/C18H23NO2/c1-13(2)6-8-15-4-3-5-17-16(10-19-18(15)17)9-7-14(11-20)12-21/h3-7,10,19-21H,8-9,11-12H2,1-2H3. The number of H-pyrrole nitrogens is 1. The van der Waals surface area contributed by atoms with Gasteiger partial charge in [-0.3, -0.25) is 0 Å². The largest absolute Gasteiger partial charge is 0.392 e. The second-order valence-corrected chi connectivity index (χ2v) is 5.52. The number of aliphatic hydroxyl groups excluding tert-OH is 2. The van der Waals surface area contributed by atoms with Gasteiger partial charge in [-0.15, -0.1) is 0 Å². The topological polar surface area (TPSA) is 56.2 Å². The number of fused-ring (bicyclic) bond motifs is 1. The first-order valence-corrected chi connectivity index (χ1v) is 7.26. The Morgan fingerprint density at radius 1 is 1.05 bits per heavy atom. The van der Waals surface area contributed by atoms with Gasteiger partial charge >= 0.3 is 0 Å². The molecule has 112 valence electrons. The third kappa shape index (κ3) is 3.84. The molecule has 0 aliphatic heterocycles. The van der Waals surface area contributed by atoms with Crippen LogP contribution in [-0.4, -0.2) is 28.4 Å². The van der Waals surface area contributed by atoms with Gasteiger partial charge in [0.1, 0.15) is 0 Å². The van der Waals surface area contributed by atoms with Crippen molar-refractivity contribution in [3.63, 3.8) is 0 Å². The lowest BCUT2D eigenvalue weighted by atomic mass is 10.0. The molecule has 0 radical (unpaired) electrons. The van der Waals surface area contributed by atoms with Crippen LogP contribution in [0.15, 0.2) is 47.7 Å². The molecule has 0 saturated carbocycles. The summed E-state index contributed by atoms with van der Waals surface area (Å²) in [5, 5.41) is 19.4. The summed E-state index contributed by atoms with van der Waals surface area (Å²) < 4.78 is 0. The second-order valence-electron chi connectivity index (χ2n) is 5.52. The summed E-state index contributed by atoms with van der Waals surface area (Å²) in [5.41, 5.74) is 5.62. The quantitative estimate of drug-likeness (QED) is 0.714. The van der Waals surface area contributed by atoms with Crippen molar-refractivity contribution in [1.29, 1.82) is 0 Å². The predicted octanol–water partition coefficient (Wildman–Crippen LogP) is 3.13. The van der Waals surface area contributed by atoms with E-state index in [0.717, 1.165) is 6.42 Å². The fourth-order valence-electron chi connectivity index (χ4n) is 2.36. The van der Waals surface area contributed by atoms with Crippen LogP contribution < -0.4 is 0 Å². The first-order valence-electron chi connectivity index (χ1n) is 7.26. The highest BCUT2D eigenvalue weighted by Crippen LogP contribution is 2.23. The van der Waals surface area contributed by atoms with Gasteiger partial charge in [0.25, 0.3) is 0 Å². The number of aromatic nitrogens is 1. The van der Waals surface area contributed by atoms with E-state index < -0.39 is 0 Å². The van der Waals surface area contributed by atoms with Crippen LogP contribution in [0, 0.1) is 0 Å². The Hall–Kier alpha value is -1.84. The second kappa shape index (κ2) is 7.25. The molecule has 3 N–H and O–H groups in total. The van der Waals surface area contributed by atoms with Crippen molar-refractivity contribution in [2.75, 3.05) is 13.2 Å². The molecule has 1 aromatic carbocycles. The van der Waals surface area contributed by atoms with Gasteiger partial charge in [-0.25, -0.2) is 0 Å². The van der Waals surface area contributed by atoms with Gasteiger partial charge in [0.2, 0.25) is 0 Å². The summed E-state index contributed by atoms with van der Waals surface area (Å²) in [7, 11) is 0. The molecule has 3 nitrogen and oxygen atoms in total. The fraction of sp³-hybridized carbons (Fsp3) is 0.333. The van der Waals surface area contributed by atoms with Crippen molar-refractivity contribution in [3.8, 4) is 0 Å². The molecule has 21 heavy (non-hydrogen) atoms.